The Morgan fingerprint density at radius 1 is 0.654 bits per heavy atom. The molecule has 0 amide bonds. The van der Waals surface area contributed by atoms with E-state index in [1.807, 2.05) is 0 Å². The van der Waals surface area contributed by atoms with Crippen molar-refractivity contribution in [2.24, 2.45) is 11.8 Å². The number of hydrogen-bond acceptors (Lipinski definition) is 2. The van der Waals surface area contributed by atoms with Gasteiger partial charge in [0.15, 0.2) is 0 Å². The first-order chi connectivity index (χ1) is 10.9. The summed E-state index contributed by atoms with van der Waals surface area (Å²) in [5, 5.41) is 4.37. The minimum atomic E-state index is 0. The second-order valence-corrected chi connectivity index (χ2v) is 8.06. The van der Waals surface area contributed by atoms with Gasteiger partial charge in [0.05, 0.1) is 0 Å². The summed E-state index contributed by atoms with van der Waals surface area (Å²) in [5.41, 5.74) is 0. The van der Waals surface area contributed by atoms with Gasteiger partial charge in [-0.25, -0.2) is 0 Å². The molecule has 2 aliphatic carbocycles. The zero-order valence-corrected chi connectivity index (χ0v) is 21.4. The number of nitrogens with zero attached hydrogens (tertiary/aromatic N) is 3. The molecule has 0 aromatic carbocycles. The van der Waals surface area contributed by atoms with Crippen molar-refractivity contribution in [3.63, 3.8) is 0 Å². The van der Waals surface area contributed by atoms with E-state index in [1.165, 1.54) is 51.4 Å². The summed E-state index contributed by atoms with van der Waals surface area (Å²) in [7, 11) is 8.28. The maximum absolute atomic E-state index is 4.37. The Balaban J connectivity index is -0.000000139. The van der Waals surface area contributed by atoms with Crippen molar-refractivity contribution in [2.75, 3.05) is 54.4 Å². The van der Waals surface area contributed by atoms with Crippen LogP contribution in [0.25, 0.3) is 5.32 Å². The molecule has 2 rings (SSSR count). The molecule has 0 bridgehead atoms. The Morgan fingerprint density at radius 3 is 1.08 bits per heavy atom. The van der Waals surface area contributed by atoms with E-state index in [0.717, 1.165) is 38.0 Å². The summed E-state index contributed by atoms with van der Waals surface area (Å²) in [6.07, 6.45) is 11.9. The molecule has 0 aromatic heterocycles. The van der Waals surface area contributed by atoms with Crippen LogP contribution >= 0.6 is 0 Å². The van der Waals surface area contributed by atoms with Gasteiger partial charge in [0.1, 0.15) is 0 Å². The summed E-state index contributed by atoms with van der Waals surface area (Å²) in [6.45, 7) is 8.72. The topological polar surface area (TPSA) is 20.6 Å². The van der Waals surface area contributed by atoms with Gasteiger partial charge in [-0.2, -0.15) is 0 Å². The smallest absolute Gasteiger partial charge is 0 e. The molecule has 2 saturated carbocycles. The molecule has 3 nitrogen and oxygen atoms in total. The third-order valence-electron chi connectivity index (χ3n) is 4.70. The van der Waals surface area contributed by atoms with E-state index in [9.17, 15) is 0 Å². The molecule has 26 heavy (non-hydrogen) atoms. The van der Waals surface area contributed by atoms with Gasteiger partial charge in [0.25, 0.3) is 0 Å². The second-order valence-electron chi connectivity index (χ2n) is 8.06. The Hall–Kier alpha value is 0.750. The second kappa shape index (κ2) is 23.8. The van der Waals surface area contributed by atoms with Gasteiger partial charge in [0, 0.05) is 25.8 Å². The van der Waals surface area contributed by atoms with Crippen molar-refractivity contribution in [1.82, 2.24) is 9.80 Å². The third-order valence-corrected chi connectivity index (χ3v) is 4.70. The quantitative estimate of drug-likeness (QED) is 0.416. The van der Waals surface area contributed by atoms with Crippen LogP contribution in [-0.4, -0.2) is 64.2 Å². The van der Waals surface area contributed by atoms with Crippen LogP contribution in [0.15, 0.2) is 0 Å². The fraction of sp³-hybridized carbons (Fsp3) is 0.909. The van der Waals surface area contributed by atoms with E-state index < -0.39 is 0 Å². The Kier molecular flexibility index (Phi) is 31.4. The van der Waals surface area contributed by atoms with Gasteiger partial charge < -0.3 is 30.0 Å². The van der Waals surface area contributed by atoms with Crippen LogP contribution in [0, 0.1) is 26.7 Å². The predicted octanol–water partition coefficient (Wildman–Crippen LogP) is 5.77. The molecule has 0 aliphatic heterocycles. The molecule has 2 fully saturated rings. The van der Waals surface area contributed by atoms with E-state index >= 15 is 0 Å². The van der Waals surface area contributed by atoms with Crippen LogP contribution in [0.2, 0.25) is 0 Å². The third kappa shape index (κ3) is 27.0. The van der Waals surface area contributed by atoms with Gasteiger partial charge in [-0.15, -0.1) is 13.1 Å². The van der Waals surface area contributed by atoms with E-state index in [0.29, 0.717) is 0 Å². The minimum Gasteiger partial charge on any atom is -0.660 e. The first kappa shape index (κ1) is 34.3. The molecular weight excluding hydrogens is 351 g/mol. The van der Waals surface area contributed by atoms with Crippen LogP contribution in [-0.2, 0) is 25.8 Å². The first-order valence-electron chi connectivity index (χ1n) is 9.84. The normalized spacial score (nSPS) is 16.6. The van der Waals surface area contributed by atoms with Crippen LogP contribution in [0.4, 0.5) is 0 Å². The summed E-state index contributed by atoms with van der Waals surface area (Å²) in [6, 6.07) is 0. The molecule has 4 heteroatoms. The van der Waals surface area contributed by atoms with Crippen molar-refractivity contribution in [2.45, 2.75) is 65.2 Å². The molecule has 0 saturated heterocycles. The van der Waals surface area contributed by atoms with Crippen LogP contribution < -0.4 is 0 Å². The van der Waals surface area contributed by atoms with Crippen molar-refractivity contribution >= 4 is 0 Å². The van der Waals surface area contributed by atoms with Crippen molar-refractivity contribution in [3.8, 4) is 0 Å². The fourth-order valence-corrected chi connectivity index (χ4v) is 2.91. The van der Waals surface area contributed by atoms with Gasteiger partial charge in [-0.3, -0.25) is 0 Å². The monoisotopic (exact) mass is 401 g/mol. The molecule has 0 N–H and O–H groups in total. The van der Waals surface area contributed by atoms with Crippen molar-refractivity contribution in [3.05, 3.63) is 20.2 Å². The molecule has 0 aromatic rings. The number of likely N-dealkylation sites (N-methyl/N-ethyl adjacent to an activating group) is 2. The summed E-state index contributed by atoms with van der Waals surface area (Å²) >= 11 is 0. The average molecular weight is 402 g/mol. The van der Waals surface area contributed by atoms with Gasteiger partial charge >= 0.3 is 0 Å². The summed E-state index contributed by atoms with van der Waals surface area (Å²) in [4.78, 5) is 4.30. The van der Waals surface area contributed by atoms with Crippen molar-refractivity contribution < 1.29 is 25.8 Å². The summed E-state index contributed by atoms with van der Waals surface area (Å²) < 4.78 is 0. The largest absolute Gasteiger partial charge is 0.660 e. The molecule has 159 valence electrons. The zero-order valence-electron chi connectivity index (χ0n) is 19.6. The Labute approximate surface area is 186 Å². The van der Waals surface area contributed by atoms with Gasteiger partial charge in [-0.1, -0.05) is 65.2 Å². The van der Waals surface area contributed by atoms with E-state index in [2.05, 4.69) is 57.2 Å². The molecule has 0 spiro atoms. The Morgan fingerprint density at radius 2 is 0.923 bits per heavy atom. The summed E-state index contributed by atoms with van der Waals surface area (Å²) in [5.74, 6) is 2.09. The molecular formula is C22H50N3Sc-3. The molecule has 0 atom stereocenters. The van der Waals surface area contributed by atoms with Crippen molar-refractivity contribution in [1.29, 1.82) is 0 Å². The zero-order chi connectivity index (χ0) is 17.5. The van der Waals surface area contributed by atoms with Crippen LogP contribution in [0.5, 0.6) is 0 Å². The number of rotatable bonds is 6. The first-order valence-corrected chi connectivity index (χ1v) is 9.84. The van der Waals surface area contributed by atoms with E-state index in [1.54, 1.807) is 0 Å². The van der Waals surface area contributed by atoms with Gasteiger partial charge in [0.2, 0.25) is 0 Å². The standard InChI is InChI=1S/C8H20N3.2C6H12.2CH3.Sc/c1-10(2)7-5-9-6-8-11(3)4;2*1-6-4-2-3-5-6;;;/h5-8H2,1-4H3;2*6H,2-5H2,1H3;2*1H3;/q-1;;;2*-1;. The minimum absolute atomic E-state index is 0. The van der Waals surface area contributed by atoms with E-state index in [4.69, 9.17) is 0 Å². The number of hydrogen-bond donors (Lipinski definition) is 0. The van der Waals surface area contributed by atoms with Crippen LogP contribution in [0.1, 0.15) is 65.2 Å². The Bertz CT molecular complexity index is 212. The molecule has 0 heterocycles. The van der Waals surface area contributed by atoms with Gasteiger partial charge in [-0.05, 0) is 53.1 Å². The maximum Gasteiger partial charge on any atom is 0 e. The average Bonchev–Trinajstić information content (AvgIpc) is 3.13. The maximum atomic E-state index is 4.37. The molecule has 2 aliphatic rings. The molecule has 1 radical (unpaired) electrons. The van der Waals surface area contributed by atoms with Crippen LogP contribution in [0.3, 0.4) is 0 Å². The fourth-order valence-electron chi connectivity index (χ4n) is 2.91. The van der Waals surface area contributed by atoms with E-state index in [-0.39, 0.29) is 40.7 Å². The predicted molar refractivity (Wildman–Crippen MR) is 118 cm³/mol. The SMILES string of the molecule is CC1CCCC1.CC1CCCC1.CN(C)CC[N-]CCN(C)C.[CH3-].[CH3-].[Sc]. The molecule has 0 unspecified atom stereocenters.